The third-order valence-electron chi connectivity index (χ3n) is 14.5. The van der Waals surface area contributed by atoms with Gasteiger partial charge in [-0.15, -0.1) is 0 Å². The Bertz CT molecular complexity index is 630. The Morgan fingerprint density at radius 3 is 0.857 bits per heavy atom. The molecule has 0 radical (unpaired) electrons. The third-order valence-corrected chi connectivity index (χ3v) is 56.5. The van der Waals surface area contributed by atoms with Crippen molar-refractivity contribution in [1.29, 1.82) is 0 Å². The van der Waals surface area contributed by atoms with Crippen LogP contribution in [0.4, 0.5) is 0 Å². The molecule has 10 rings (SSSR count). The van der Waals surface area contributed by atoms with Gasteiger partial charge in [0.05, 0.1) is 0 Å². The summed E-state index contributed by atoms with van der Waals surface area (Å²) in [5.41, 5.74) is 0. The van der Waals surface area contributed by atoms with Gasteiger partial charge in [0.2, 0.25) is 0 Å². The van der Waals surface area contributed by atoms with E-state index in [1.54, 1.807) is 48.2 Å². The molecule has 0 bridgehead atoms. The van der Waals surface area contributed by atoms with E-state index < -0.39 is 15.2 Å². The third kappa shape index (κ3) is 0.0433. The second-order valence-electron chi connectivity index (χ2n) is 9.69. The fourth-order valence-corrected chi connectivity index (χ4v) is 88.0. The molecule has 78 valence electrons. The van der Waals surface area contributed by atoms with Gasteiger partial charge in [0.1, 0.15) is 0 Å². The van der Waals surface area contributed by atoms with E-state index in [0.717, 1.165) is 0 Å². The molecule has 10 aliphatic rings. The van der Waals surface area contributed by atoms with Crippen molar-refractivity contribution in [3.05, 3.63) is 0 Å². The molecule has 1 unspecified atom stereocenters. The van der Waals surface area contributed by atoms with Crippen LogP contribution in [0.3, 0.4) is 0 Å². The molecule has 14 heavy (non-hydrogen) atoms. The molecule has 0 aromatic heterocycles. The first-order chi connectivity index (χ1) is 6.57. The van der Waals surface area contributed by atoms with E-state index in [1.165, 1.54) is 0 Å². The standard InChI is InChI=1S/2C5H5.Fe.H3O2P/c2*1-2-4-5-3-1;;1-3-2/h2*1-5H;;3H2,(H,1,2). The van der Waals surface area contributed by atoms with Crippen LogP contribution in [-0.4, -0.2) is 4.89 Å². The quantitative estimate of drug-likeness (QED) is 0.531. The zero-order chi connectivity index (χ0) is 8.80. The molecule has 10 aliphatic heterocycles. The Kier molecular flexibility index (Phi) is 0.144. The van der Waals surface area contributed by atoms with Gasteiger partial charge in [-0.1, -0.05) is 0 Å². The fraction of sp³-hybridized carbons (Fsp3) is 1.00. The minimum atomic E-state index is -2.28. The summed E-state index contributed by atoms with van der Waals surface area (Å²) in [7, 11) is -1.50. The van der Waals surface area contributed by atoms with Crippen molar-refractivity contribution in [2.45, 2.75) is 48.2 Å². The first-order valence-corrected chi connectivity index (χ1v) is 13.2. The molecule has 2 nitrogen and oxygen atoms in total. The van der Waals surface area contributed by atoms with E-state index in [2.05, 4.69) is 0 Å². The van der Waals surface area contributed by atoms with Gasteiger partial charge < -0.3 is 4.89 Å². The van der Waals surface area contributed by atoms with Gasteiger partial charge in [-0.05, 0) is 0 Å². The van der Waals surface area contributed by atoms with Crippen molar-refractivity contribution < 1.29 is 16.0 Å². The van der Waals surface area contributed by atoms with Gasteiger partial charge in [0.25, 0.3) is 0 Å². The Balaban J connectivity index is 0.000000151. The van der Waals surface area contributed by atoms with E-state index in [4.69, 9.17) is 9.46 Å². The molecule has 1 spiro atoms. The zero-order valence-corrected chi connectivity index (χ0v) is 9.82. The molecule has 10 fully saturated rings. The van der Waals surface area contributed by atoms with Crippen LogP contribution >= 0.6 is 8.69 Å². The van der Waals surface area contributed by atoms with Crippen LogP contribution < -0.4 is 0 Å². The molecule has 0 amide bonds. The van der Waals surface area contributed by atoms with E-state index in [-0.39, 0.29) is 0 Å². The molecular weight excluding hydrogens is 239 g/mol. The molecular formula is C10H13FeO2P. The van der Waals surface area contributed by atoms with Gasteiger partial charge in [0.15, 0.2) is 8.69 Å². The topological polar surface area (TPSA) is 37.3 Å². The summed E-state index contributed by atoms with van der Waals surface area (Å²) in [6.45, 7) is -2.28. The van der Waals surface area contributed by atoms with Crippen LogP contribution in [0.15, 0.2) is 0 Å². The van der Waals surface area contributed by atoms with Crippen LogP contribution in [0.25, 0.3) is 0 Å². The Labute approximate surface area is 73.0 Å². The number of hydrogen-bond acceptors (Lipinski definition) is 1. The van der Waals surface area contributed by atoms with Crippen LogP contribution in [0.1, 0.15) is 0 Å². The Morgan fingerprint density at radius 1 is 0.714 bits per heavy atom. The van der Waals surface area contributed by atoms with Gasteiger partial charge in [-0.3, -0.25) is 4.57 Å². The first-order valence-electron chi connectivity index (χ1n) is 5.87. The first kappa shape index (κ1) is 5.36. The SMILES string of the molecule is O=[PH2]O.[CH]12[CH]3[CH]4[CH]5[CH]1[Fe]23451678[CH]2[CH]1[CH]6[CH]7[CH]28. The summed E-state index contributed by atoms with van der Waals surface area (Å²) in [5, 5.41) is 0. The van der Waals surface area contributed by atoms with Gasteiger partial charge >= 0.3 is 54.7 Å². The molecule has 0 aliphatic carbocycles. The molecule has 1 N–H and O–H groups in total. The van der Waals surface area contributed by atoms with Crippen LogP contribution in [0, 0.1) is 0 Å². The molecule has 10 saturated heterocycles. The van der Waals surface area contributed by atoms with Gasteiger partial charge in [-0.25, -0.2) is 0 Å². The van der Waals surface area contributed by atoms with Gasteiger partial charge in [-0.2, -0.15) is 0 Å². The molecule has 1 atom stereocenters. The van der Waals surface area contributed by atoms with Crippen molar-refractivity contribution in [2.75, 3.05) is 0 Å². The summed E-state index contributed by atoms with van der Waals surface area (Å²) in [6, 6.07) is 0. The molecule has 0 saturated carbocycles. The monoisotopic (exact) mass is 252 g/mol. The predicted molar refractivity (Wildman–Crippen MR) is 50.1 cm³/mol. The number of fused-ring (bicyclic) bond motifs is 10. The van der Waals surface area contributed by atoms with E-state index in [9.17, 15) is 0 Å². The van der Waals surface area contributed by atoms with Crippen LogP contribution in [-0.2, 0) is 11.1 Å². The maximum absolute atomic E-state index is 8.57. The normalized spacial score (nSPS) is 136. The second-order valence-corrected chi connectivity index (χ2v) is 33.8. The number of hydrogen-bond donors (Lipinski definition) is 1. The predicted octanol–water partition coefficient (Wildman–Crippen LogP) is 3.03. The number of rotatable bonds is 0. The Hall–Kier alpha value is 0.709. The maximum atomic E-state index is 8.57. The van der Waals surface area contributed by atoms with E-state index >= 15 is 0 Å². The van der Waals surface area contributed by atoms with Crippen LogP contribution in [0.5, 0.6) is 0 Å². The van der Waals surface area contributed by atoms with Crippen LogP contribution in [0.2, 0.25) is 48.2 Å². The summed E-state index contributed by atoms with van der Waals surface area (Å²) in [5.74, 6) is 0. The molecule has 0 aromatic rings. The van der Waals surface area contributed by atoms with Crippen molar-refractivity contribution in [2.24, 2.45) is 0 Å². The average Bonchev–Trinajstić information content (AvgIpc) is 3.15. The van der Waals surface area contributed by atoms with E-state index in [1.807, 2.05) is 0 Å². The molecule has 10 heterocycles. The van der Waals surface area contributed by atoms with Crippen molar-refractivity contribution in [1.82, 2.24) is 0 Å². The van der Waals surface area contributed by atoms with Crippen molar-refractivity contribution >= 4 is 8.69 Å². The van der Waals surface area contributed by atoms with E-state index in [0.29, 0.717) is 0 Å². The molecule has 0 aromatic carbocycles. The summed E-state index contributed by atoms with van der Waals surface area (Å²) in [6.07, 6.45) is 0. The molecule has 4 heteroatoms. The van der Waals surface area contributed by atoms with Crippen molar-refractivity contribution in [3.8, 4) is 0 Å². The summed E-state index contributed by atoms with van der Waals surface area (Å²) >= 11 is 0. The van der Waals surface area contributed by atoms with Gasteiger partial charge in [0, 0.05) is 0 Å². The zero-order valence-electron chi connectivity index (χ0n) is 7.56. The Morgan fingerprint density at radius 2 is 0.857 bits per heavy atom. The summed E-state index contributed by atoms with van der Waals surface area (Å²) in [4.78, 5) is 23.0. The van der Waals surface area contributed by atoms with Crippen molar-refractivity contribution in [3.63, 3.8) is 0 Å². The minimum absolute atomic E-state index is 1.50. The summed E-state index contributed by atoms with van der Waals surface area (Å²) < 4.78 is 8.57. The fourth-order valence-electron chi connectivity index (χ4n) is 15.8. The second kappa shape index (κ2) is 0.376. The average molecular weight is 252 g/mol.